The highest BCUT2D eigenvalue weighted by Gasteiger charge is 2.37. The van der Waals surface area contributed by atoms with Gasteiger partial charge in [-0.1, -0.05) is 6.58 Å². The number of halogens is 3. The van der Waals surface area contributed by atoms with Crippen LogP contribution in [0.15, 0.2) is 35.8 Å². The molecule has 2 saturated heterocycles. The Morgan fingerprint density at radius 2 is 2.06 bits per heavy atom. The van der Waals surface area contributed by atoms with E-state index in [0.29, 0.717) is 32.6 Å². The molecule has 0 atom stereocenters. The molecule has 4 heterocycles. The van der Waals surface area contributed by atoms with Gasteiger partial charge < -0.3 is 20.4 Å². The van der Waals surface area contributed by atoms with E-state index in [1.807, 2.05) is 0 Å². The molecule has 9 nitrogen and oxygen atoms in total. The zero-order valence-corrected chi connectivity index (χ0v) is 19.0. The van der Waals surface area contributed by atoms with Crippen LogP contribution in [0.1, 0.15) is 31.7 Å². The Balaban J connectivity index is 1.72. The van der Waals surface area contributed by atoms with Crippen molar-refractivity contribution in [3.63, 3.8) is 0 Å². The lowest BCUT2D eigenvalue weighted by molar-refractivity contribution is -0.0118. The van der Waals surface area contributed by atoms with Gasteiger partial charge in [0.1, 0.15) is 11.3 Å². The second kappa shape index (κ2) is 8.91. The molecule has 0 radical (unpaired) electrons. The summed E-state index contributed by atoms with van der Waals surface area (Å²) in [6.45, 7) is 4.56. The molecule has 0 spiro atoms. The van der Waals surface area contributed by atoms with Crippen LogP contribution in [0.4, 0.5) is 36.3 Å². The summed E-state index contributed by atoms with van der Waals surface area (Å²) in [5.74, 6) is -3.22. The van der Waals surface area contributed by atoms with Gasteiger partial charge in [-0.25, -0.2) is 18.0 Å². The molecule has 0 bridgehead atoms. The summed E-state index contributed by atoms with van der Waals surface area (Å²) in [6, 6.07) is 3.65. The van der Waals surface area contributed by atoms with Crippen molar-refractivity contribution in [3.8, 4) is 0 Å². The summed E-state index contributed by atoms with van der Waals surface area (Å²) < 4.78 is 49.7. The highest BCUT2D eigenvalue weighted by atomic mass is 19.3. The third-order valence-corrected chi connectivity index (χ3v) is 6.44. The van der Waals surface area contributed by atoms with Crippen LogP contribution in [0.5, 0.6) is 0 Å². The smallest absolute Gasteiger partial charge is 0.328 e. The van der Waals surface area contributed by atoms with Crippen LogP contribution in [-0.4, -0.2) is 51.7 Å². The average Bonchev–Trinajstić information content (AvgIpc) is 3.17. The number of nitrogens with two attached hydrogens (primary N) is 1. The maximum atomic E-state index is 14.3. The Kier molecular flexibility index (Phi) is 5.91. The Morgan fingerprint density at radius 1 is 1.29 bits per heavy atom. The molecule has 0 aliphatic carbocycles. The first kappa shape index (κ1) is 23.2. The SMILES string of the molecule is C=CN(c1nc(N2CCCC(F)(F)C2)c2[nH]c(=O)n(C3CCOCC3)c2n1)c1cc(F)ccc1N. The quantitative estimate of drug-likeness (QED) is 0.527. The first-order valence-electron chi connectivity index (χ1n) is 11.5. The number of hydrogen-bond acceptors (Lipinski definition) is 7. The number of hydrogen-bond donors (Lipinski definition) is 2. The molecule has 0 unspecified atom stereocenters. The highest BCUT2D eigenvalue weighted by Crippen LogP contribution is 2.36. The number of rotatable bonds is 5. The molecule has 0 saturated carbocycles. The van der Waals surface area contributed by atoms with Gasteiger partial charge in [-0.2, -0.15) is 9.97 Å². The van der Waals surface area contributed by atoms with Crippen LogP contribution >= 0.6 is 0 Å². The van der Waals surface area contributed by atoms with Crippen molar-refractivity contribution in [1.82, 2.24) is 19.5 Å². The van der Waals surface area contributed by atoms with Crippen molar-refractivity contribution in [2.24, 2.45) is 0 Å². The number of benzene rings is 1. The third kappa shape index (κ3) is 4.33. The van der Waals surface area contributed by atoms with E-state index in [2.05, 4.69) is 21.5 Å². The van der Waals surface area contributed by atoms with Crippen molar-refractivity contribution in [2.45, 2.75) is 37.6 Å². The molecule has 35 heavy (non-hydrogen) atoms. The second-order valence-electron chi connectivity index (χ2n) is 8.83. The lowest BCUT2D eigenvalue weighted by Crippen LogP contribution is -2.43. The molecule has 3 N–H and O–H groups in total. The number of anilines is 4. The molecule has 12 heteroatoms. The van der Waals surface area contributed by atoms with Gasteiger partial charge in [0.15, 0.2) is 11.5 Å². The summed E-state index contributed by atoms with van der Waals surface area (Å²) in [6.07, 6.45) is 2.62. The van der Waals surface area contributed by atoms with Crippen LogP contribution in [0, 0.1) is 5.82 Å². The highest BCUT2D eigenvalue weighted by molar-refractivity contribution is 5.86. The Hall–Kier alpha value is -3.54. The second-order valence-corrected chi connectivity index (χ2v) is 8.83. The molecule has 3 aromatic rings. The third-order valence-electron chi connectivity index (χ3n) is 6.44. The van der Waals surface area contributed by atoms with Crippen LogP contribution in [0.25, 0.3) is 11.2 Å². The number of H-pyrrole nitrogens is 1. The summed E-state index contributed by atoms with van der Waals surface area (Å²) in [7, 11) is 0. The lowest BCUT2D eigenvalue weighted by atomic mass is 10.1. The van der Waals surface area contributed by atoms with Crippen molar-refractivity contribution >= 4 is 34.3 Å². The molecule has 2 aliphatic rings. The maximum Gasteiger partial charge on any atom is 0.328 e. The predicted molar refractivity (Wildman–Crippen MR) is 127 cm³/mol. The van der Waals surface area contributed by atoms with Crippen LogP contribution in [-0.2, 0) is 4.74 Å². The fourth-order valence-electron chi connectivity index (χ4n) is 4.75. The largest absolute Gasteiger partial charge is 0.397 e. The van der Waals surface area contributed by atoms with Gasteiger partial charge in [0.2, 0.25) is 5.95 Å². The Labute approximate surface area is 199 Å². The normalized spacial score (nSPS) is 18.7. The van der Waals surface area contributed by atoms with Gasteiger partial charge in [0.05, 0.1) is 17.9 Å². The standard InChI is InChI=1S/C23H26F3N7O2/c1-2-32(17-12-14(24)4-5-16(17)27)21-29-19(31-9-3-8-23(25,26)13-31)18-20(30-21)33(22(34)28-18)15-6-10-35-11-7-15/h2,4-5,12,15H,1,3,6-11,13,27H2,(H,28,34). The number of ether oxygens (including phenoxy) is 1. The fourth-order valence-corrected chi connectivity index (χ4v) is 4.75. The monoisotopic (exact) mass is 489 g/mol. The lowest BCUT2D eigenvalue weighted by Gasteiger charge is -2.34. The van der Waals surface area contributed by atoms with E-state index in [9.17, 15) is 18.0 Å². The number of nitrogens with zero attached hydrogens (tertiary/aromatic N) is 5. The van der Waals surface area contributed by atoms with E-state index in [4.69, 9.17) is 10.5 Å². The molecule has 5 rings (SSSR count). The summed E-state index contributed by atoms with van der Waals surface area (Å²) in [5, 5.41) is 0. The molecular formula is C23H26F3N7O2. The number of alkyl halides is 2. The molecule has 0 amide bonds. The van der Waals surface area contributed by atoms with Crippen LogP contribution in [0.2, 0.25) is 0 Å². The minimum atomic E-state index is -2.90. The van der Waals surface area contributed by atoms with Crippen molar-refractivity contribution in [3.05, 3.63) is 47.3 Å². The van der Waals surface area contributed by atoms with E-state index in [-0.39, 0.29) is 53.2 Å². The minimum absolute atomic E-state index is 0.0356. The van der Waals surface area contributed by atoms with E-state index >= 15 is 0 Å². The average molecular weight is 490 g/mol. The number of nitrogen functional groups attached to an aromatic ring is 1. The summed E-state index contributed by atoms with van der Waals surface area (Å²) in [4.78, 5) is 27.9. The number of aromatic amines is 1. The number of aromatic nitrogens is 4. The van der Waals surface area contributed by atoms with Gasteiger partial charge in [0.25, 0.3) is 5.92 Å². The summed E-state index contributed by atoms with van der Waals surface area (Å²) >= 11 is 0. The molecule has 2 fully saturated rings. The van der Waals surface area contributed by atoms with E-state index in [0.717, 1.165) is 0 Å². The molecule has 1 aromatic carbocycles. The number of imidazole rings is 1. The molecule has 186 valence electrons. The van der Waals surface area contributed by atoms with Crippen LogP contribution in [0.3, 0.4) is 0 Å². The van der Waals surface area contributed by atoms with Gasteiger partial charge >= 0.3 is 5.69 Å². The maximum absolute atomic E-state index is 14.3. The fraction of sp³-hybridized carbons (Fsp3) is 0.435. The van der Waals surface area contributed by atoms with Gasteiger partial charge in [-0.15, -0.1) is 0 Å². The van der Waals surface area contributed by atoms with E-state index < -0.39 is 24.0 Å². The number of piperidine rings is 1. The van der Waals surface area contributed by atoms with Crippen molar-refractivity contribution in [2.75, 3.05) is 41.8 Å². The Morgan fingerprint density at radius 3 is 2.77 bits per heavy atom. The Bertz CT molecular complexity index is 1320. The molecular weight excluding hydrogens is 463 g/mol. The minimum Gasteiger partial charge on any atom is -0.397 e. The van der Waals surface area contributed by atoms with Crippen molar-refractivity contribution < 1.29 is 17.9 Å². The predicted octanol–water partition coefficient (Wildman–Crippen LogP) is 3.71. The zero-order chi connectivity index (χ0) is 24.7. The molecule has 2 aliphatic heterocycles. The topological polar surface area (TPSA) is 105 Å². The van der Waals surface area contributed by atoms with Gasteiger partial charge in [0, 0.05) is 44.5 Å². The van der Waals surface area contributed by atoms with E-state index in [1.165, 1.54) is 38.8 Å². The first-order valence-corrected chi connectivity index (χ1v) is 11.5. The number of fused-ring (bicyclic) bond motifs is 1. The molecule has 2 aromatic heterocycles. The van der Waals surface area contributed by atoms with Gasteiger partial charge in [-0.05, 0) is 31.4 Å². The van der Waals surface area contributed by atoms with Crippen molar-refractivity contribution in [1.29, 1.82) is 0 Å². The zero-order valence-electron chi connectivity index (χ0n) is 19.0. The van der Waals surface area contributed by atoms with E-state index in [1.54, 1.807) is 0 Å². The number of nitrogens with one attached hydrogen (secondary N) is 1. The first-order chi connectivity index (χ1) is 16.8. The van der Waals surface area contributed by atoms with Crippen LogP contribution < -0.4 is 21.2 Å². The summed E-state index contributed by atoms with van der Waals surface area (Å²) in [5.41, 5.74) is 6.72. The van der Waals surface area contributed by atoms with Gasteiger partial charge in [-0.3, -0.25) is 9.47 Å².